The quantitative estimate of drug-likeness (QED) is 0.382. The van der Waals surface area contributed by atoms with Crippen molar-refractivity contribution in [3.63, 3.8) is 0 Å². The minimum absolute atomic E-state index is 0.111. The molecule has 0 aliphatic carbocycles. The number of hydrogen-bond donors (Lipinski definition) is 0. The van der Waals surface area contributed by atoms with Gasteiger partial charge in [0.15, 0.2) is 0 Å². The van der Waals surface area contributed by atoms with Crippen molar-refractivity contribution in [3.8, 4) is 0 Å². The number of esters is 1. The van der Waals surface area contributed by atoms with Gasteiger partial charge in [0.25, 0.3) is 6.08 Å². The minimum atomic E-state index is -2.04. The predicted molar refractivity (Wildman–Crippen MR) is 22.3 cm³/mol. The lowest BCUT2D eigenvalue weighted by Gasteiger charge is -1.85. The van der Waals surface area contributed by atoms with E-state index in [1.165, 1.54) is 0 Å². The number of ether oxygens (including phenoxy) is 1. The number of carbonyl (C=O) groups is 1. The van der Waals surface area contributed by atoms with Crippen LogP contribution in [-0.4, -0.2) is 13.1 Å². The lowest BCUT2D eigenvalue weighted by atomic mass is 10.6. The molecule has 0 atom stereocenters. The molecule has 0 aliphatic rings. The van der Waals surface area contributed by atoms with Crippen molar-refractivity contribution in [1.82, 2.24) is 0 Å². The van der Waals surface area contributed by atoms with Gasteiger partial charge in [-0.1, -0.05) is 0 Å². The fraction of sp³-hybridized carbons (Fsp3) is 0.250. The van der Waals surface area contributed by atoms with Crippen molar-refractivity contribution in [2.45, 2.75) is 0 Å². The molecule has 0 aromatic carbocycles. The van der Waals surface area contributed by atoms with Crippen LogP contribution in [0.1, 0.15) is 0 Å². The molecule has 0 rings (SSSR count). The van der Waals surface area contributed by atoms with Gasteiger partial charge in [0.2, 0.25) is 0 Å². The molecule has 0 spiro atoms. The molecular weight excluding hydrogens is 118 g/mol. The van der Waals surface area contributed by atoms with Gasteiger partial charge >= 0.3 is 5.97 Å². The second kappa shape index (κ2) is 3.12. The zero-order valence-corrected chi connectivity index (χ0v) is 4.15. The van der Waals surface area contributed by atoms with Crippen molar-refractivity contribution in [2.24, 2.45) is 0 Å². The fourth-order valence-electron chi connectivity index (χ4n) is 0.148. The lowest BCUT2D eigenvalue weighted by Crippen LogP contribution is -1.93. The first-order valence-corrected chi connectivity index (χ1v) is 1.77. The maximum absolute atomic E-state index is 11.0. The largest absolute Gasteiger partial charge is 0.466 e. The molecule has 0 N–H and O–H groups in total. The Bertz CT molecular complexity index is 115. The molecule has 0 bridgehead atoms. The summed E-state index contributed by atoms with van der Waals surface area (Å²) in [6.07, 6.45) is -1.93. The van der Waals surface area contributed by atoms with Crippen molar-refractivity contribution in [1.29, 1.82) is 0 Å². The molecule has 0 saturated heterocycles. The van der Waals surface area contributed by atoms with Gasteiger partial charge in [-0.3, -0.25) is 0 Å². The summed E-state index contributed by atoms with van der Waals surface area (Å²) in [6, 6.07) is 0. The van der Waals surface area contributed by atoms with E-state index in [9.17, 15) is 13.6 Å². The van der Waals surface area contributed by atoms with E-state index in [0.29, 0.717) is 0 Å². The Labute approximate surface area is 44.8 Å². The van der Waals surface area contributed by atoms with E-state index in [-0.39, 0.29) is 6.08 Å². The lowest BCUT2D eigenvalue weighted by molar-refractivity contribution is -0.135. The summed E-state index contributed by atoms with van der Waals surface area (Å²) in [5.74, 6) is -1.04. The highest BCUT2D eigenvalue weighted by molar-refractivity contribution is 5.81. The number of rotatable bonds is 1. The van der Waals surface area contributed by atoms with E-state index >= 15 is 0 Å². The molecule has 0 aromatic heterocycles. The van der Waals surface area contributed by atoms with Crippen molar-refractivity contribution >= 4 is 5.97 Å². The van der Waals surface area contributed by atoms with Gasteiger partial charge < -0.3 is 4.74 Å². The fourth-order valence-corrected chi connectivity index (χ4v) is 0.148. The summed E-state index contributed by atoms with van der Waals surface area (Å²) in [7, 11) is 1.03. The second-order valence-corrected chi connectivity index (χ2v) is 0.957. The van der Waals surface area contributed by atoms with Crippen LogP contribution in [0, 0.1) is 0 Å². The van der Waals surface area contributed by atoms with E-state index in [1.807, 2.05) is 0 Å². The highest BCUT2D eigenvalue weighted by Gasteiger charge is 1.95. The van der Waals surface area contributed by atoms with Gasteiger partial charge in [-0.15, -0.1) is 0 Å². The van der Waals surface area contributed by atoms with Gasteiger partial charge in [-0.25, -0.2) is 4.79 Å². The predicted octanol–water partition coefficient (Wildman–Crippen LogP) is 0.940. The average molecular weight is 122 g/mol. The Hall–Kier alpha value is -0.930. The van der Waals surface area contributed by atoms with E-state index in [0.717, 1.165) is 7.11 Å². The summed E-state index contributed by atoms with van der Waals surface area (Å²) in [5, 5.41) is 0. The molecule has 0 unspecified atom stereocenters. The van der Waals surface area contributed by atoms with Crippen LogP contribution < -0.4 is 0 Å². The third-order valence-corrected chi connectivity index (χ3v) is 0.428. The average Bonchev–Trinajstić information content (AvgIpc) is 1.65. The van der Waals surface area contributed by atoms with Crippen LogP contribution in [0.2, 0.25) is 0 Å². The van der Waals surface area contributed by atoms with Crippen LogP contribution in [0.3, 0.4) is 0 Å². The topological polar surface area (TPSA) is 26.3 Å². The van der Waals surface area contributed by atoms with E-state index < -0.39 is 12.0 Å². The maximum atomic E-state index is 11.0. The number of carbonyl (C=O) groups excluding carboxylic acids is 1. The Morgan fingerprint density at radius 3 is 2.25 bits per heavy atom. The third-order valence-electron chi connectivity index (χ3n) is 0.428. The summed E-state index contributed by atoms with van der Waals surface area (Å²) in [4.78, 5) is 9.84. The van der Waals surface area contributed by atoms with Crippen LogP contribution in [0.5, 0.6) is 0 Å². The number of halogens is 2. The third kappa shape index (κ3) is 3.27. The molecule has 2 nitrogen and oxygen atoms in total. The summed E-state index contributed by atoms with van der Waals surface area (Å²) < 4.78 is 25.9. The standard InChI is InChI=1S/C4H4F2O2/c1-8-4(7)2-3(5)6/h2H,1H3. The van der Waals surface area contributed by atoms with Crippen LogP contribution in [-0.2, 0) is 9.53 Å². The molecule has 0 amide bonds. The van der Waals surface area contributed by atoms with Crippen LogP contribution >= 0.6 is 0 Å². The number of hydrogen-bond acceptors (Lipinski definition) is 2. The molecule has 8 heavy (non-hydrogen) atoms. The molecule has 46 valence electrons. The van der Waals surface area contributed by atoms with Gasteiger partial charge in [-0.05, 0) is 0 Å². The van der Waals surface area contributed by atoms with E-state index in [1.54, 1.807) is 0 Å². The first-order valence-electron chi connectivity index (χ1n) is 1.77. The maximum Gasteiger partial charge on any atom is 0.335 e. The molecule has 0 aliphatic heterocycles. The zero-order valence-electron chi connectivity index (χ0n) is 4.15. The van der Waals surface area contributed by atoms with E-state index in [2.05, 4.69) is 4.74 Å². The van der Waals surface area contributed by atoms with E-state index in [4.69, 9.17) is 0 Å². The minimum Gasteiger partial charge on any atom is -0.466 e. The molecule has 0 fully saturated rings. The zero-order chi connectivity index (χ0) is 6.57. The van der Waals surface area contributed by atoms with Crippen molar-refractivity contribution < 1.29 is 18.3 Å². The molecule has 0 aromatic rings. The van der Waals surface area contributed by atoms with Gasteiger partial charge in [0.05, 0.1) is 13.2 Å². The Morgan fingerprint density at radius 2 is 2.12 bits per heavy atom. The van der Waals surface area contributed by atoms with Crippen molar-refractivity contribution in [2.75, 3.05) is 7.11 Å². The Balaban J connectivity index is 3.70. The SMILES string of the molecule is COC(=O)C=C(F)F. The Morgan fingerprint density at radius 1 is 1.62 bits per heavy atom. The molecular formula is C4H4F2O2. The smallest absolute Gasteiger partial charge is 0.335 e. The highest BCUT2D eigenvalue weighted by atomic mass is 19.3. The van der Waals surface area contributed by atoms with Crippen molar-refractivity contribution in [3.05, 3.63) is 12.2 Å². The first kappa shape index (κ1) is 7.07. The van der Waals surface area contributed by atoms with Gasteiger partial charge in [-0.2, -0.15) is 8.78 Å². The van der Waals surface area contributed by atoms with Crippen LogP contribution in [0.4, 0.5) is 8.78 Å². The second-order valence-electron chi connectivity index (χ2n) is 0.957. The molecule has 0 saturated carbocycles. The van der Waals surface area contributed by atoms with Gasteiger partial charge in [0.1, 0.15) is 0 Å². The molecule has 4 heteroatoms. The monoisotopic (exact) mass is 122 g/mol. The summed E-state index contributed by atoms with van der Waals surface area (Å²) in [6.45, 7) is 0. The van der Waals surface area contributed by atoms with Crippen LogP contribution in [0.15, 0.2) is 12.2 Å². The Kier molecular flexibility index (Phi) is 2.76. The first-order chi connectivity index (χ1) is 3.66. The van der Waals surface area contributed by atoms with Crippen LogP contribution in [0.25, 0.3) is 0 Å². The van der Waals surface area contributed by atoms with Gasteiger partial charge in [0, 0.05) is 0 Å². The number of methoxy groups -OCH3 is 1. The summed E-state index contributed by atoms with van der Waals surface area (Å²) in [5.41, 5.74) is 0. The molecule has 0 heterocycles. The normalized spacial score (nSPS) is 7.88. The highest BCUT2D eigenvalue weighted by Crippen LogP contribution is 1.95. The molecule has 0 radical (unpaired) electrons. The summed E-state index contributed by atoms with van der Waals surface area (Å²) >= 11 is 0.